The van der Waals surface area contributed by atoms with Crippen molar-refractivity contribution >= 4 is 21.7 Å². The van der Waals surface area contributed by atoms with Gasteiger partial charge in [0.2, 0.25) is 10.0 Å². The van der Waals surface area contributed by atoms with E-state index < -0.39 is 10.0 Å². The maximum Gasteiger partial charge on any atom is 0.321 e. The Bertz CT molecular complexity index is 1000. The van der Waals surface area contributed by atoms with Gasteiger partial charge in [-0.25, -0.2) is 13.2 Å². The van der Waals surface area contributed by atoms with E-state index >= 15 is 0 Å². The van der Waals surface area contributed by atoms with Crippen molar-refractivity contribution in [3.8, 4) is 11.5 Å². The average Bonchev–Trinajstić information content (AvgIpc) is 2.92. The van der Waals surface area contributed by atoms with Crippen LogP contribution in [0, 0.1) is 13.8 Å². The number of ether oxygens (including phenoxy) is 2. The minimum atomic E-state index is -3.68. The summed E-state index contributed by atoms with van der Waals surface area (Å²) in [6, 6.07) is 4.81. The van der Waals surface area contributed by atoms with Gasteiger partial charge in [0.25, 0.3) is 0 Å². The van der Waals surface area contributed by atoms with E-state index in [-0.39, 0.29) is 24.0 Å². The van der Waals surface area contributed by atoms with E-state index in [1.807, 2.05) is 0 Å². The first-order valence-electron chi connectivity index (χ1n) is 9.57. The van der Waals surface area contributed by atoms with E-state index in [0.29, 0.717) is 48.1 Å². The fourth-order valence-corrected chi connectivity index (χ4v) is 5.30. The molecule has 2 N–H and O–H groups in total. The lowest BCUT2D eigenvalue weighted by atomic mass is 10.2. The number of carbonyl (C=O) groups is 1. The number of hydrogen-bond donors (Lipinski definition) is 2. The van der Waals surface area contributed by atoms with Crippen molar-refractivity contribution in [1.29, 1.82) is 0 Å². The SMILES string of the molecule is COc1ccc(NC(=O)N2CCCN(S(=O)(=O)c3c(C)n[nH]c3C)CC2)cc1OC. The minimum absolute atomic E-state index is 0.214. The van der Waals surface area contributed by atoms with Crippen LogP contribution in [0.25, 0.3) is 0 Å². The standard InChI is InChI=1S/C19H27N5O5S/c1-13-18(14(2)22-21-13)30(26,27)24-9-5-8-23(10-11-24)19(25)20-15-6-7-16(28-3)17(12-15)29-4/h6-7,12H,5,8-11H2,1-4H3,(H,20,25)(H,21,22). The molecule has 0 aliphatic carbocycles. The first-order chi connectivity index (χ1) is 14.3. The van der Waals surface area contributed by atoms with Crippen LogP contribution >= 0.6 is 0 Å². The van der Waals surface area contributed by atoms with Crippen LogP contribution in [0.5, 0.6) is 11.5 Å². The van der Waals surface area contributed by atoms with Crippen molar-refractivity contribution in [1.82, 2.24) is 19.4 Å². The summed E-state index contributed by atoms with van der Waals surface area (Å²) in [6.07, 6.45) is 0.536. The van der Waals surface area contributed by atoms with Crippen LogP contribution in [0.15, 0.2) is 23.1 Å². The lowest BCUT2D eigenvalue weighted by Crippen LogP contribution is -2.39. The van der Waals surface area contributed by atoms with E-state index in [1.54, 1.807) is 44.1 Å². The second-order valence-corrected chi connectivity index (χ2v) is 8.88. The Morgan fingerprint density at radius 1 is 1.10 bits per heavy atom. The third-order valence-corrected chi connectivity index (χ3v) is 7.20. The summed E-state index contributed by atoms with van der Waals surface area (Å²) in [5, 5.41) is 9.55. The molecule has 0 bridgehead atoms. The van der Waals surface area contributed by atoms with Crippen LogP contribution in [-0.2, 0) is 10.0 Å². The molecule has 3 rings (SSSR count). The first-order valence-corrected chi connectivity index (χ1v) is 11.0. The molecule has 1 saturated heterocycles. The zero-order valence-electron chi connectivity index (χ0n) is 17.6. The molecule has 30 heavy (non-hydrogen) atoms. The molecule has 0 atom stereocenters. The maximum atomic E-state index is 13.1. The molecule has 0 spiro atoms. The monoisotopic (exact) mass is 437 g/mol. The van der Waals surface area contributed by atoms with Crippen molar-refractivity contribution in [2.75, 3.05) is 45.7 Å². The van der Waals surface area contributed by atoms with Gasteiger partial charge in [-0.2, -0.15) is 9.40 Å². The number of amides is 2. The highest BCUT2D eigenvalue weighted by atomic mass is 32.2. The van der Waals surface area contributed by atoms with E-state index in [9.17, 15) is 13.2 Å². The predicted octanol–water partition coefficient (Wildman–Crippen LogP) is 1.97. The number of urea groups is 1. The van der Waals surface area contributed by atoms with Crippen LogP contribution in [0.3, 0.4) is 0 Å². The van der Waals surface area contributed by atoms with E-state index in [2.05, 4.69) is 15.5 Å². The number of aromatic nitrogens is 2. The Labute approximate surface area is 176 Å². The summed E-state index contributed by atoms with van der Waals surface area (Å²) in [5.41, 5.74) is 1.52. The zero-order chi connectivity index (χ0) is 21.9. The lowest BCUT2D eigenvalue weighted by molar-refractivity contribution is 0.214. The van der Waals surface area contributed by atoms with Crippen LogP contribution in [0.4, 0.5) is 10.5 Å². The molecular weight excluding hydrogens is 410 g/mol. The maximum absolute atomic E-state index is 13.1. The van der Waals surface area contributed by atoms with Crippen LogP contribution in [0.1, 0.15) is 17.8 Å². The summed E-state index contributed by atoms with van der Waals surface area (Å²) >= 11 is 0. The molecule has 1 aliphatic rings. The molecular formula is C19H27N5O5S. The lowest BCUT2D eigenvalue weighted by Gasteiger charge is -2.22. The average molecular weight is 438 g/mol. The van der Waals surface area contributed by atoms with E-state index in [0.717, 1.165) is 0 Å². The number of nitrogens with one attached hydrogen (secondary N) is 2. The normalized spacial score (nSPS) is 15.5. The Morgan fingerprint density at radius 2 is 1.83 bits per heavy atom. The van der Waals surface area contributed by atoms with E-state index in [1.165, 1.54) is 11.4 Å². The Hall–Kier alpha value is -2.79. The number of methoxy groups -OCH3 is 2. The summed E-state index contributed by atoms with van der Waals surface area (Å²) in [4.78, 5) is 14.6. The zero-order valence-corrected chi connectivity index (χ0v) is 18.4. The third kappa shape index (κ3) is 4.36. The molecule has 0 unspecified atom stereocenters. The van der Waals surface area contributed by atoms with Gasteiger partial charge in [-0.1, -0.05) is 0 Å². The van der Waals surface area contributed by atoms with Crippen molar-refractivity contribution in [2.24, 2.45) is 0 Å². The van der Waals surface area contributed by atoms with Gasteiger partial charge in [0, 0.05) is 37.9 Å². The number of aryl methyl sites for hydroxylation is 2. The molecule has 2 heterocycles. The van der Waals surface area contributed by atoms with Crippen molar-refractivity contribution in [3.05, 3.63) is 29.6 Å². The first kappa shape index (κ1) is 21.9. The Balaban J connectivity index is 1.68. The number of nitrogens with zero attached hydrogens (tertiary/aromatic N) is 3. The van der Waals surface area contributed by atoms with Crippen molar-refractivity contribution < 1.29 is 22.7 Å². The topological polar surface area (TPSA) is 117 Å². The number of rotatable bonds is 5. The summed E-state index contributed by atoms with van der Waals surface area (Å²) in [5.74, 6) is 1.07. The second-order valence-electron chi connectivity index (χ2n) is 7.01. The van der Waals surface area contributed by atoms with Gasteiger partial charge >= 0.3 is 6.03 Å². The molecule has 1 aromatic carbocycles. The van der Waals surface area contributed by atoms with Gasteiger partial charge < -0.3 is 19.7 Å². The molecule has 0 radical (unpaired) electrons. The molecule has 1 aromatic heterocycles. The van der Waals surface area contributed by atoms with Crippen LogP contribution in [-0.4, -0.2) is 74.3 Å². The van der Waals surface area contributed by atoms with Gasteiger partial charge in [-0.3, -0.25) is 5.10 Å². The highest BCUT2D eigenvalue weighted by Gasteiger charge is 2.31. The molecule has 2 aromatic rings. The number of H-pyrrole nitrogens is 1. The summed E-state index contributed by atoms with van der Waals surface area (Å²) in [6.45, 7) is 4.64. The number of benzene rings is 1. The smallest absolute Gasteiger partial charge is 0.321 e. The van der Waals surface area contributed by atoms with Gasteiger partial charge in [-0.05, 0) is 32.4 Å². The molecule has 0 saturated carbocycles. The molecule has 11 heteroatoms. The van der Waals surface area contributed by atoms with Gasteiger partial charge in [0.15, 0.2) is 11.5 Å². The Morgan fingerprint density at radius 3 is 2.47 bits per heavy atom. The fourth-order valence-electron chi connectivity index (χ4n) is 3.50. The fraction of sp³-hybridized carbons (Fsp3) is 0.474. The van der Waals surface area contributed by atoms with Crippen molar-refractivity contribution in [3.63, 3.8) is 0 Å². The number of aromatic amines is 1. The minimum Gasteiger partial charge on any atom is -0.493 e. The number of carbonyl (C=O) groups excluding carboxylic acids is 1. The highest BCUT2D eigenvalue weighted by Crippen LogP contribution is 2.30. The number of hydrogen-bond acceptors (Lipinski definition) is 6. The summed E-state index contributed by atoms with van der Waals surface area (Å²) in [7, 11) is -0.611. The number of anilines is 1. The molecule has 2 amide bonds. The van der Waals surface area contributed by atoms with Gasteiger partial charge in [0.1, 0.15) is 4.90 Å². The predicted molar refractivity (Wildman–Crippen MR) is 112 cm³/mol. The quantitative estimate of drug-likeness (QED) is 0.739. The third-order valence-electron chi connectivity index (χ3n) is 5.04. The molecule has 1 aliphatic heterocycles. The molecule has 1 fully saturated rings. The van der Waals surface area contributed by atoms with E-state index in [4.69, 9.17) is 9.47 Å². The van der Waals surface area contributed by atoms with Crippen LogP contribution < -0.4 is 14.8 Å². The molecule has 164 valence electrons. The largest absolute Gasteiger partial charge is 0.493 e. The summed E-state index contributed by atoms with van der Waals surface area (Å²) < 4.78 is 38.0. The van der Waals surface area contributed by atoms with Crippen molar-refractivity contribution in [2.45, 2.75) is 25.2 Å². The highest BCUT2D eigenvalue weighted by molar-refractivity contribution is 7.89. The number of sulfonamides is 1. The molecule has 10 nitrogen and oxygen atoms in total. The van der Waals surface area contributed by atoms with Gasteiger partial charge in [0.05, 0.1) is 25.6 Å². The Kier molecular flexibility index (Phi) is 6.52. The second kappa shape index (κ2) is 8.92. The van der Waals surface area contributed by atoms with Gasteiger partial charge in [-0.15, -0.1) is 0 Å². The van der Waals surface area contributed by atoms with Crippen LogP contribution in [0.2, 0.25) is 0 Å².